The highest BCUT2D eigenvalue weighted by molar-refractivity contribution is 9.10. The SMILES string of the molecule is COC1CCN(Cc2cc(Br)ccc2Cl)C(CN)C1. The molecule has 2 N–H and O–H groups in total. The monoisotopic (exact) mass is 346 g/mol. The lowest BCUT2D eigenvalue weighted by atomic mass is 9.98. The van der Waals surface area contributed by atoms with Gasteiger partial charge in [-0.05, 0) is 36.6 Å². The van der Waals surface area contributed by atoms with Crippen LogP contribution in [0, 0.1) is 0 Å². The van der Waals surface area contributed by atoms with Gasteiger partial charge in [-0.25, -0.2) is 0 Å². The smallest absolute Gasteiger partial charge is 0.0599 e. The molecule has 3 nitrogen and oxygen atoms in total. The predicted octanol–water partition coefficient (Wildman–Crippen LogP) is 3.04. The van der Waals surface area contributed by atoms with Crippen molar-refractivity contribution in [3.05, 3.63) is 33.3 Å². The molecular weight excluding hydrogens is 328 g/mol. The molecular formula is C14H20BrClN2O. The summed E-state index contributed by atoms with van der Waals surface area (Å²) in [6, 6.07) is 6.34. The predicted molar refractivity (Wildman–Crippen MR) is 82.4 cm³/mol. The zero-order valence-corrected chi connectivity index (χ0v) is 13.5. The Morgan fingerprint density at radius 3 is 3.00 bits per heavy atom. The van der Waals surface area contributed by atoms with E-state index in [4.69, 9.17) is 22.1 Å². The molecule has 1 aliphatic heterocycles. The Morgan fingerprint density at radius 2 is 2.32 bits per heavy atom. The molecule has 1 fully saturated rings. The number of ether oxygens (including phenoxy) is 1. The number of nitrogens with two attached hydrogens (primary N) is 1. The van der Waals surface area contributed by atoms with Crippen molar-refractivity contribution >= 4 is 27.5 Å². The maximum Gasteiger partial charge on any atom is 0.0599 e. The number of halogens is 2. The second-order valence-electron chi connectivity index (χ2n) is 4.98. The second-order valence-corrected chi connectivity index (χ2v) is 6.30. The summed E-state index contributed by atoms with van der Waals surface area (Å²) in [7, 11) is 1.78. The van der Waals surface area contributed by atoms with Crippen molar-refractivity contribution in [1.82, 2.24) is 4.90 Å². The normalized spacial score (nSPS) is 24.6. The zero-order valence-electron chi connectivity index (χ0n) is 11.1. The van der Waals surface area contributed by atoms with E-state index in [-0.39, 0.29) is 0 Å². The van der Waals surface area contributed by atoms with Crippen molar-refractivity contribution in [1.29, 1.82) is 0 Å². The lowest BCUT2D eigenvalue weighted by Crippen LogP contribution is -2.48. The number of hydrogen-bond acceptors (Lipinski definition) is 3. The Hall–Kier alpha value is -0.130. The Morgan fingerprint density at radius 1 is 1.53 bits per heavy atom. The first kappa shape index (κ1) is 15.3. The van der Waals surface area contributed by atoms with Crippen molar-refractivity contribution in [2.75, 3.05) is 20.2 Å². The topological polar surface area (TPSA) is 38.5 Å². The summed E-state index contributed by atoms with van der Waals surface area (Å²) in [5.41, 5.74) is 7.04. The third kappa shape index (κ3) is 3.92. The molecule has 1 aliphatic rings. The van der Waals surface area contributed by atoms with Crippen LogP contribution in [0.4, 0.5) is 0 Å². The van der Waals surface area contributed by atoms with E-state index in [1.165, 1.54) is 0 Å². The van der Waals surface area contributed by atoms with Crippen LogP contribution in [0.15, 0.2) is 22.7 Å². The molecule has 19 heavy (non-hydrogen) atoms. The van der Waals surface area contributed by atoms with Crippen LogP contribution >= 0.6 is 27.5 Å². The molecule has 0 bridgehead atoms. The molecule has 2 unspecified atom stereocenters. The molecule has 2 atom stereocenters. The van der Waals surface area contributed by atoms with Gasteiger partial charge in [0.05, 0.1) is 6.10 Å². The van der Waals surface area contributed by atoms with E-state index in [2.05, 4.69) is 26.9 Å². The first-order chi connectivity index (χ1) is 9.13. The van der Waals surface area contributed by atoms with Crippen molar-refractivity contribution < 1.29 is 4.74 Å². The van der Waals surface area contributed by atoms with Gasteiger partial charge in [-0.3, -0.25) is 4.90 Å². The molecule has 106 valence electrons. The molecule has 0 spiro atoms. The molecule has 5 heteroatoms. The van der Waals surface area contributed by atoms with Gasteiger partial charge in [0.15, 0.2) is 0 Å². The van der Waals surface area contributed by atoms with E-state index in [1.54, 1.807) is 7.11 Å². The number of nitrogens with zero attached hydrogens (tertiary/aromatic N) is 1. The maximum absolute atomic E-state index is 6.26. The minimum Gasteiger partial charge on any atom is -0.381 e. The average molecular weight is 348 g/mol. The van der Waals surface area contributed by atoms with Crippen LogP contribution < -0.4 is 5.73 Å². The summed E-state index contributed by atoms with van der Waals surface area (Å²) >= 11 is 9.75. The van der Waals surface area contributed by atoms with Gasteiger partial charge in [-0.2, -0.15) is 0 Å². The molecule has 0 aliphatic carbocycles. The number of rotatable bonds is 4. The number of methoxy groups -OCH3 is 1. The summed E-state index contributed by atoms with van der Waals surface area (Å²) in [6.45, 7) is 2.51. The molecule has 0 aromatic heterocycles. The molecule has 2 rings (SSSR count). The molecule has 1 saturated heterocycles. The minimum absolute atomic E-state index is 0.336. The largest absolute Gasteiger partial charge is 0.381 e. The van der Waals surface area contributed by atoms with E-state index < -0.39 is 0 Å². The third-order valence-electron chi connectivity index (χ3n) is 3.78. The fraction of sp³-hybridized carbons (Fsp3) is 0.571. The first-order valence-electron chi connectivity index (χ1n) is 6.55. The summed E-state index contributed by atoms with van der Waals surface area (Å²) < 4.78 is 6.51. The Bertz CT molecular complexity index is 430. The molecule has 0 saturated carbocycles. The average Bonchev–Trinajstić information content (AvgIpc) is 2.43. The van der Waals surface area contributed by atoms with Gasteiger partial charge in [0.1, 0.15) is 0 Å². The van der Waals surface area contributed by atoms with Gasteiger partial charge in [-0.15, -0.1) is 0 Å². The molecule has 1 aromatic rings. The molecule has 1 heterocycles. The third-order valence-corrected chi connectivity index (χ3v) is 4.64. The standard InChI is InChI=1S/C14H20BrClN2O/c1-19-13-4-5-18(12(7-13)8-17)9-10-6-11(15)2-3-14(10)16/h2-3,6,12-13H,4-5,7-9,17H2,1H3. The van der Waals surface area contributed by atoms with Crippen LogP contribution in [-0.4, -0.2) is 37.2 Å². The highest BCUT2D eigenvalue weighted by Gasteiger charge is 2.27. The van der Waals surface area contributed by atoms with Crippen LogP contribution in [0.1, 0.15) is 18.4 Å². The number of piperidine rings is 1. The van der Waals surface area contributed by atoms with Crippen molar-refractivity contribution in [2.24, 2.45) is 5.73 Å². The first-order valence-corrected chi connectivity index (χ1v) is 7.72. The quantitative estimate of drug-likeness (QED) is 0.910. The summed E-state index contributed by atoms with van der Waals surface area (Å²) in [5, 5.41) is 0.813. The summed E-state index contributed by atoms with van der Waals surface area (Å²) in [4.78, 5) is 2.41. The highest BCUT2D eigenvalue weighted by Crippen LogP contribution is 2.26. The van der Waals surface area contributed by atoms with Crippen LogP contribution in [-0.2, 0) is 11.3 Å². The number of benzene rings is 1. The fourth-order valence-electron chi connectivity index (χ4n) is 2.61. The lowest BCUT2D eigenvalue weighted by molar-refractivity contribution is 0.0102. The fourth-order valence-corrected chi connectivity index (χ4v) is 3.20. The second kappa shape index (κ2) is 7.04. The highest BCUT2D eigenvalue weighted by atomic mass is 79.9. The van der Waals surface area contributed by atoms with Crippen molar-refractivity contribution in [3.63, 3.8) is 0 Å². The molecule has 0 amide bonds. The van der Waals surface area contributed by atoms with E-state index in [9.17, 15) is 0 Å². The van der Waals surface area contributed by atoms with Gasteiger partial charge in [-0.1, -0.05) is 27.5 Å². The van der Waals surface area contributed by atoms with Crippen molar-refractivity contribution in [2.45, 2.75) is 31.5 Å². The van der Waals surface area contributed by atoms with Crippen LogP contribution in [0.25, 0.3) is 0 Å². The summed E-state index contributed by atoms with van der Waals surface area (Å²) in [6.07, 6.45) is 2.39. The van der Waals surface area contributed by atoms with E-state index in [0.717, 1.165) is 41.0 Å². The Kier molecular flexibility index (Phi) is 5.66. The van der Waals surface area contributed by atoms with Gasteiger partial charge < -0.3 is 10.5 Å². The van der Waals surface area contributed by atoms with Gasteiger partial charge >= 0.3 is 0 Å². The number of likely N-dealkylation sites (tertiary alicyclic amines) is 1. The Labute approximate surface area is 128 Å². The number of hydrogen-bond donors (Lipinski definition) is 1. The van der Waals surface area contributed by atoms with E-state index >= 15 is 0 Å². The summed E-state index contributed by atoms with van der Waals surface area (Å²) in [5.74, 6) is 0. The van der Waals surface area contributed by atoms with Crippen LogP contribution in [0.3, 0.4) is 0 Å². The minimum atomic E-state index is 0.336. The van der Waals surface area contributed by atoms with Crippen LogP contribution in [0.5, 0.6) is 0 Å². The van der Waals surface area contributed by atoms with Gasteiger partial charge in [0.2, 0.25) is 0 Å². The molecule has 0 radical (unpaired) electrons. The maximum atomic E-state index is 6.26. The van der Waals surface area contributed by atoms with Gasteiger partial charge in [0.25, 0.3) is 0 Å². The zero-order chi connectivity index (χ0) is 13.8. The van der Waals surface area contributed by atoms with E-state index in [1.807, 2.05) is 12.1 Å². The van der Waals surface area contributed by atoms with E-state index in [0.29, 0.717) is 18.7 Å². The molecule has 1 aromatic carbocycles. The van der Waals surface area contributed by atoms with Gasteiger partial charge in [0, 0.05) is 42.3 Å². The lowest BCUT2D eigenvalue weighted by Gasteiger charge is -2.38. The van der Waals surface area contributed by atoms with Crippen LogP contribution in [0.2, 0.25) is 5.02 Å². The Balaban J connectivity index is 2.07. The van der Waals surface area contributed by atoms with Crippen molar-refractivity contribution in [3.8, 4) is 0 Å².